The summed E-state index contributed by atoms with van der Waals surface area (Å²) in [6, 6.07) is 15.6. The molecule has 0 bridgehead atoms. The van der Waals surface area contributed by atoms with Gasteiger partial charge in [-0.15, -0.1) is 0 Å². The minimum Gasteiger partial charge on any atom is -0.478 e. The van der Waals surface area contributed by atoms with Crippen molar-refractivity contribution in [2.45, 2.75) is 12.6 Å². The van der Waals surface area contributed by atoms with E-state index in [0.29, 0.717) is 5.56 Å². The van der Waals surface area contributed by atoms with Crippen molar-refractivity contribution in [1.82, 2.24) is 0 Å². The minimum absolute atomic E-state index is 0.0149. The van der Waals surface area contributed by atoms with Crippen molar-refractivity contribution >= 4 is 54.3 Å². The number of aliphatic carboxylic acids is 1. The summed E-state index contributed by atoms with van der Waals surface area (Å²) < 4.78 is 64.0. The molecule has 0 radical (unpaired) electrons. The van der Waals surface area contributed by atoms with Crippen molar-refractivity contribution < 1.29 is 51.4 Å². The molecule has 14 heteroatoms. The third-order valence-electron chi connectivity index (χ3n) is 5.38. The maximum absolute atomic E-state index is 15.6. The summed E-state index contributed by atoms with van der Waals surface area (Å²) in [6.07, 6.45) is 0.880. The van der Waals surface area contributed by atoms with E-state index in [0.717, 1.165) is 18.2 Å². The Kier molecular flexibility index (Phi) is 10.8. The molecule has 0 unspecified atom stereocenters. The van der Waals surface area contributed by atoms with E-state index >= 15 is 8.78 Å². The Bertz CT molecular complexity index is 1440. The molecule has 0 heterocycles. The lowest BCUT2D eigenvalue weighted by molar-refractivity contribution is -0.131. The lowest BCUT2D eigenvalue weighted by Gasteiger charge is -2.26. The van der Waals surface area contributed by atoms with Gasteiger partial charge < -0.3 is 14.6 Å². The van der Waals surface area contributed by atoms with Crippen LogP contribution in [0.4, 0.5) is 8.78 Å². The van der Waals surface area contributed by atoms with E-state index < -0.39 is 50.3 Å². The first kappa shape index (κ1) is 31.9. The van der Waals surface area contributed by atoms with E-state index in [1.54, 1.807) is 12.1 Å². The molecule has 0 spiro atoms. The predicted molar refractivity (Wildman–Crippen MR) is 145 cm³/mol. The average molecular weight is 629 g/mol. The Labute approximate surface area is 242 Å². The van der Waals surface area contributed by atoms with Gasteiger partial charge in [-0.05, 0) is 42.3 Å². The van der Waals surface area contributed by atoms with Crippen LogP contribution in [0.2, 0.25) is 10.0 Å². The molecule has 3 aromatic carbocycles. The molecule has 0 atom stereocenters. The van der Waals surface area contributed by atoms with Crippen LogP contribution >= 0.6 is 30.8 Å². The summed E-state index contributed by atoms with van der Waals surface area (Å²) in [7, 11) is -5.59. The third-order valence-corrected chi connectivity index (χ3v) is 7.88. The summed E-state index contributed by atoms with van der Waals surface area (Å²) in [4.78, 5) is 35.5. The van der Waals surface area contributed by atoms with Gasteiger partial charge >= 0.3 is 31.2 Å². The number of ether oxygens (including phenoxy) is 2. The van der Waals surface area contributed by atoms with Crippen LogP contribution < -0.4 is 0 Å². The first-order valence-electron chi connectivity index (χ1n) is 11.5. The molecule has 0 saturated carbocycles. The standard InChI is InChI=1S/C27H21Cl2F2O9P/c1-17(14-24(32)33)18-10-12-19(13-11-18)27(30,31)41(36,39-15-37-25(34)20-6-2-4-8-22(20)28)40-16-38-26(35)21-7-3-5-9-23(21)29/h2-14H,15-16H2,1H3,(H,32,33). The first-order chi connectivity index (χ1) is 19.4. The summed E-state index contributed by atoms with van der Waals surface area (Å²) in [5.41, 5.74) is -4.85. The molecule has 216 valence electrons. The lowest BCUT2D eigenvalue weighted by Crippen LogP contribution is -2.21. The molecule has 0 aliphatic rings. The van der Waals surface area contributed by atoms with Gasteiger partial charge in [-0.1, -0.05) is 71.7 Å². The van der Waals surface area contributed by atoms with E-state index in [1.807, 2.05) is 0 Å². The first-order valence-corrected chi connectivity index (χ1v) is 13.8. The molecular formula is C27H21Cl2F2O9P. The van der Waals surface area contributed by atoms with Gasteiger partial charge in [0.15, 0.2) is 0 Å². The number of halogens is 4. The van der Waals surface area contributed by atoms with E-state index in [9.17, 15) is 18.9 Å². The third kappa shape index (κ3) is 8.00. The molecule has 3 aromatic rings. The fraction of sp³-hybridized carbons (Fsp3) is 0.148. The number of carboxylic acid groups (broad SMARTS) is 1. The number of esters is 2. The van der Waals surface area contributed by atoms with Crippen LogP contribution in [0.1, 0.15) is 38.8 Å². The van der Waals surface area contributed by atoms with Gasteiger partial charge in [0.1, 0.15) is 0 Å². The maximum atomic E-state index is 15.6. The normalized spacial score (nSPS) is 12.1. The molecule has 0 aliphatic carbocycles. The molecule has 0 aromatic heterocycles. The minimum atomic E-state index is -5.59. The van der Waals surface area contributed by atoms with Crippen molar-refractivity contribution in [3.05, 3.63) is 111 Å². The van der Waals surface area contributed by atoms with Crippen LogP contribution in [0.3, 0.4) is 0 Å². The Morgan fingerprint density at radius 2 is 1.27 bits per heavy atom. The van der Waals surface area contributed by atoms with Gasteiger partial charge in [-0.25, -0.2) is 14.4 Å². The summed E-state index contributed by atoms with van der Waals surface area (Å²) >= 11 is 11.9. The van der Waals surface area contributed by atoms with Crippen molar-refractivity contribution in [2.24, 2.45) is 0 Å². The summed E-state index contributed by atoms with van der Waals surface area (Å²) in [5, 5.41) is 8.93. The average Bonchev–Trinajstić information content (AvgIpc) is 2.93. The second-order valence-electron chi connectivity index (χ2n) is 8.10. The van der Waals surface area contributed by atoms with E-state index in [1.165, 1.54) is 55.5 Å². The second kappa shape index (κ2) is 13.8. The van der Waals surface area contributed by atoms with Crippen LogP contribution in [0.5, 0.6) is 0 Å². The largest absolute Gasteiger partial charge is 0.478 e. The van der Waals surface area contributed by atoms with Gasteiger partial charge in [0, 0.05) is 11.6 Å². The van der Waals surface area contributed by atoms with Gasteiger partial charge in [-0.2, -0.15) is 8.78 Å². The molecule has 0 aliphatic heterocycles. The van der Waals surface area contributed by atoms with Crippen LogP contribution in [0, 0.1) is 0 Å². The number of carboxylic acids is 1. The number of rotatable bonds is 12. The summed E-state index contributed by atoms with van der Waals surface area (Å²) in [6.45, 7) is -1.03. The smallest absolute Gasteiger partial charge is 0.410 e. The fourth-order valence-electron chi connectivity index (χ4n) is 3.27. The van der Waals surface area contributed by atoms with Crippen LogP contribution in [-0.2, 0) is 33.5 Å². The van der Waals surface area contributed by atoms with Gasteiger partial charge in [0.05, 0.1) is 21.2 Å². The lowest BCUT2D eigenvalue weighted by atomic mass is 10.1. The van der Waals surface area contributed by atoms with Crippen molar-refractivity contribution in [2.75, 3.05) is 13.6 Å². The van der Waals surface area contributed by atoms with E-state index in [4.69, 9.17) is 46.8 Å². The van der Waals surface area contributed by atoms with Crippen LogP contribution in [0.25, 0.3) is 5.57 Å². The Hall–Kier alpha value is -3.60. The number of alkyl halides is 2. The van der Waals surface area contributed by atoms with Crippen LogP contribution in [0.15, 0.2) is 78.9 Å². The topological polar surface area (TPSA) is 125 Å². The highest BCUT2D eigenvalue weighted by Gasteiger charge is 2.55. The Balaban J connectivity index is 1.82. The van der Waals surface area contributed by atoms with Gasteiger partial charge in [0.25, 0.3) is 0 Å². The molecule has 9 nitrogen and oxygen atoms in total. The zero-order valence-electron chi connectivity index (χ0n) is 21.1. The molecule has 0 fully saturated rings. The second-order valence-corrected chi connectivity index (χ2v) is 11.0. The van der Waals surface area contributed by atoms with E-state index in [2.05, 4.69) is 0 Å². The Morgan fingerprint density at radius 1 is 0.829 bits per heavy atom. The maximum Gasteiger partial charge on any atom is 0.410 e. The van der Waals surface area contributed by atoms with E-state index in [-0.39, 0.29) is 26.7 Å². The monoisotopic (exact) mass is 628 g/mol. The summed E-state index contributed by atoms with van der Waals surface area (Å²) in [5.74, 6) is -3.35. The number of hydrogen-bond donors (Lipinski definition) is 1. The quantitative estimate of drug-likeness (QED) is 0.0945. The molecule has 1 N–H and O–H groups in total. The number of hydrogen-bond acceptors (Lipinski definition) is 8. The SMILES string of the molecule is CC(=CC(=O)O)c1ccc(C(F)(F)P(=O)(OCOC(=O)c2ccccc2Cl)OCOC(=O)c2ccccc2Cl)cc1. The highest BCUT2D eigenvalue weighted by Crippen LogP contribution is 2.66. The number of carbonyl (C=O) groups is 3. The molecule has 3 rings (SSSR count). The predicted octanol–water partition coefficient (Wildman–Crippen LogP) is 7.39. The van der Waals surface area contributed by atoms with Crippen LogP contribution in [-0.4, -0.2) is 36.6 Å². The number of benzene rings is 3. The van der Waals surface area contributed by atoms with Crippen molar-refractivity contribution in [3.8, 4) is 0 Å². The highest BCUT2D eigenvalue weighted by molar-refractivity contribution is 7.54. The highest BCUT2D eigenvalue weighted by atomic mass is 35.5. The zero-order valence-corrected chi connectivity index (χ0v) is 23.5. The molecular weight excluding hydrogens is 608 g/mol. The number of allylic oxidation sites excluding steroid dienone is 1. The van der Waals surface area contributed by atoms with Gasteiger partial charge in [0.2, 0.25) is 13.6 Å². The number of carbonyl (C=O) groups excluding carboxylic acids is 2. The zero-order chi connectivity index (χ0) is 30.2. The van der Waals surface area contributed by atoms with Crippen molar-refractivity contribution in [3.63, 3.8) is 0 Å². The molecule has 0 saturated heterocycles. The molecule has 0 amide bonds. The van der Waals surface area contributed by atoms with Gasteiger partial charge in [-0.3, -0.25) is 13.6 Å². The Morgan fingerprint density at radius 3 is 1.68 bits per heavy atom. The van der Waals surface area contributed by atoms with Crippen molar-refractivity contribution in [1.29, 1.82) is 0 Å². The fourth-order valence-corrected chi connectivity index (χ4v) is 4.94. The molecule has 41 heavy (non-hydrogen) atoms.